The maximum atomic E-state index is 11.6. The van der Waals surface area contributed by atoms with E-state index in [9.17, 15) is 4.79 Å². The molecule has 4 heteroatoms. The molecule has 0 aromatic carbocycles. The van der Waals surface area contributed by atoms with Gasteiger partial charge in [-0.2, -0.15) is 0 Å². The number of hydrogen-bond acceptors (Lipinski definition) is 3. The van der Waals surface area contributed by atoms with Crippen LogP contribution in [0.2, 0.25) is 0 Å². The number of Topliss-reactive ketones (excluding diaryl/α,β-unsaturated/α-hetero) is 1. The first kappa shape index (κ1) is 9.37. The summed E-state index contributed by atoms with van der Waals surface area (Å²) in [5, 5.41) is 0. The molecule has 0 bridgehead atoms. The van der Waals surface area contributed by atoms with E-state index in [1.807, 2.05) is 12.1 Å². The molecule has 1 aliphatic carbocycles. The average Bonchev–Trinajstić information content (AvgIpc) is 2.69. The van der Waals surface area contributed by atoms with Crippen molar-refractivity contribution in [2.24, 2.45) is 5.73 Å². The van der Waals surface area contributed by atoms with E-state index >= 15 is 0 Å². The second kappa shape index (κ2) is 3.19. The largest absolute Gasteiger partial charge is 0.319 e. The molecule has 2 nitrogen and oxygen atoms in total. The zero-order valence-corrected chi connectivity index (χ0v) is 9.45. The number of hydrogen-bond donors (Lipinski definition) is 1. The molecule has 0 aliphatic heterocycles. The molecule has 1 aromatic heterocycles. The van der Waals surface area contributed by atoms with Crippen molar-refractivity contribution in [1.29, 1.82) is 0 Å². The molecule has 2 rings (SSSR count). The Morgan fingerprint density at radius 1 is 1.62 bits per heavy atom. The molecule has 0 spiro atoms. The summed E-state index contributed by atoms with van der Waals surface area (Å²) in [4.78, 5) is 12.7. The first-order valence-corrected chi connectivity index (χ1v) is 5.77. The highest BCUT2D eigenvalue weighted by atomic mass is 79.9. The van der Waals surface area contributed by atoms with Crippen molar-refractivity contribution in [3.05, 3.63) is 20.8 Å². The predicted octanol–water partition coefficient (Wildman–Crippen LogP) is 2.11. The Labute approximate surface area is 89.3 Å². The Balaban J connectivity index is 2.02. The Hall–Kier alpha value is -0.190. The molecular formula is C9H10BrNOS. The number of ketones is 1. The normalized spacial score (nSPS) is 18.6. The zero-order valence-electron chi connectivity index (χ0n) is 7.05. The lowest BCUT2D eigenvalue weighted by Crippen LogP contribution is -2.33. The van der Waals surface area contributed by atoms with Crippen molar-refractivity contribution < 1.29 is 4.79 Å². The Morgan fingerprint density at radius 3 is 2.77 bits per heavy atom. The lowest BCUT2D eigenvalue weighted by molar-refractivity contribution is -0.120. The van der Waals surface area contributed by atoms with Crippen LogP contribution < -0.4 is 5.73 Å². The van der Waals surface area contributed by atoms with Gasteiger partial charge in [0.05, 0.1) is 9.33 Å². The van der Waals surface area contributed by atoms with Crippen molar-refractivity contribution in [3.8, 4) is 0 Å². The lowest BCUT2D eigenvalue weighted by atomic mass is 10.1. The van der Waals surface area contributed by atoms with Crippen molar-refractivity contribution >= 4 is 33.0 Å². The van der Waals surface area contributed by atoms with Crippen molar-refractivity contribution in [2.45, 2.75) is 24.8 Å². The van der Waals surface area contributed by atoms with Crippen molar-refractivity contribution in [1.82, 2.24) is 0 Å². The minimum absolute atomic E-state index is 0.182. The van der Waals surface area contributed by atoms with Crippen LogP contribution in [-0.4, -0.2) is 11.3 Å². The molecule has 1 heterocycles. The van der Waals surface area contributed by atoms with E-state index in [0.29, 0.717) is 6.42 Å². The minimum Gasteiger partial charge on any atom is -0.319 e. The van der Waals surface area contributed by atoms with Gasteiger partial charge >= 0.3 is 0 Å². The second-order valence-electron chi connectivity index (χ2n) is 3.46. The molecule has 1 aromatic rings. The predicted molar refractivity (Wildman–Crippen MR) is 56.9 cm³/mol. The van der Waals surface area contributed by atoms with Crippen molar-refractivity contribution in [2.75, 3.05) is 0 Å². The van der Waals surface area contributed by atoms with Crippen LogP contribution in [0.25, 0.3) is 0 Å². The molecule has 1 aliphatic rings. The Morgan fingerprint density at radius 2 is 2.31 bits per heavy atom. The number of rotatable bonds is 3. The fourth-order valence-electron chi connectivity index (χ4n) is 1.19. The summed E-state index contributed by atoms with van der Waals surface area (Å²) in [5.74, 6) is 0.182. The first-order valence-electron chi connectivity index (χ1n) is 4.16. The number of carbonyl (C=O) groups excluding carboxylic acids is 1. The number of thiophene rings is 1. The molecule has 0 radical (unpaired) electrons. The topological polar surface area (TPSA) is 43.1 Å². The fraction of sp³-hybridized carbons (Fsp3) is 0.444. The van der Waals surface area contributed by atoms with Crippen LogP contribution in [-0.2, 0) is 11.2 Å². The highest BCUT2D eigenvalue weighted by Gasteiger charge is 2.45. The van der Waals surface area contributed by atoms with Crippen LogP contribution >= 0.6 is 27.3 Å². The molecule has 70 valence electrons. The SMILES string of the molecule is NC1(C(=O)Cc2ccc(Br)s2)CC1. The van der Waals surface area contributed by atoms with Gasteiger partial charge in [-0.25, -0.2) is 0 Å². The summed E-state index contributed by atoms with van der Waals surface area (Å²) in [7, 11) is 0. The summed E-state index contributed by atoms with van der Waals surface area (Å²) in [6.45, 7) is 0. The monoisotopic (exact) mass is 259 g/mol. The quantitative estimate of drug-likeness (QED) is 0.904. The Bertz CT molecular complexity index is 343. The van der Waals surface area contributed by atoms with Gasteiger partial charge in [-0.15, -0.1) is 11.3 Å². The molecule has 0 unspecified atom stereocenters. The second-order valence-corrected chi connectivity index (χ2v) is 6.01. The molecule has 13 heavy (non-hydrogen) atoms. The summed E-state index contributed by atoms with van der Waals surface area (Å²) >= 11 is 4.96. The molecule has 0 saturated heterocycles. The first-order chi connectivity index (χ1) is 6.10. The van der Waals surface area contributed by atoms with Gasteiger partial charge in [0.1, 0.15) is 0 Å². The summed E-state index contributed by atoms with van der Waals surface area (Å²) in [6, 6.07) is 3.93. The van der Waals surface area contributed by atoms with Gasteiger partial charge in [-0.05, 0) is 40.9 Å². The van der Waals surface area contributed by atoms with E-state index in [2.05, 4.69) is 15.9 Å². The highest BCUT2D eigenvalue weighted by molar-refractivity contribution is 9.11. The summed E-state index contributed by atoms with van der Waals surface area (Å²) < 4.78 is 1.07. The van der Waals surface area contributed by atoms with Crippen LogP contribution in [0.15, 0.2) is 15.9 Å². The number of nitrogens with two attached hydrogens (primary N) is 1. The lowest BCUT2D eigenvalue weighted by Gasteiger charge is -2.04. The zero-order chi connectivity index (χ0) is 9.47. The van der Waals surface area contributed by atoms with Crippen LogP contribution in [0.3, 0.4) is 0 Å². The fourth-order valence-corrected chi connectivity index (χ4v) is 2.68. The van der Waals surface area contributed by atoms with Gasteiger partial charge in [-0.1, -0.05) is 0 Å². The third-order valence-corrected chi connectivity index (χ3v) is 3.93. The van der Waals surface area contributed by atoms with Crippen LogP contribution in [0.5, 0.6) is 0 Å². The molecular weight excluding hydrogens is 250 g/mol. The van der Waals surface area contributed by atoms with Gasteiger partial charge in [0.2, 0.25) is 0 Å². The van der Waals surface area contributed by atoms with E-state index in [0.717, 1.165) is 21.5 Å². The summed E-state index contributed by atoms with van der Waals surface area (Å²) in [6.07, 6.45) is 2.21. The summed E-state index contributed by atoms with van der Waals surface area (Å²) in [5.41, 5.74) is 5.31. The van der Waals surface area contributed by atoms with E-state index in [-0.39, 0.29) is 5.78 Å². The van der Waals surface area contributed by atoms with Gasteiger partial charge in [0.15, 0.2) is 5.78 Å². The standard InChI is InChI=1S/C9H10BrNOS/c10-8-2-1-6(13-8)5-7(12)9(11)3-4-9/h1-2H,3-5,11H2. The van der Waals surface area contributed by atoms with E-state index in [1.165, 1.54) is 0 Å². The van der Waals surface area contributed by atoms with Crippen LogP contribution in [0, 0.1) is 0 Å². The van der Waals surface area contributed by atoms with E-state index in [4.69, 9.17) is 5.73 Å². The molecule has 0 atom stereocenters. The molecule has 2 N–H and O–H groups in total. The van der Waals surface area contributed by atoms with E-state index in [1.54, 1.807) is 11.3 Å². The third kappa shape index (κ3) is 2.00. The average molecular weight is 260 g/mol. The molecule has 0 amide bonds. The van der Waals surface area contributed by atoms with Crippen LogP contribution in [0.4, 0.5) is 0 Å². The van der Waals surface area contributed by atoms with Gasteiger partial charge < -0.3 is 5.73 Å². The number of halogens is 1. The minimum atomic E-state index is -0.476. The molecule has 1 fully saturated rings. The maximum absolute atomic E-state index is 11.6. The smallest absolute Gasteiger partial charge is 0.157 e. The number of carbonyl (C=O) groups is 1. The van der Waals surface area contributed by atoms with Gasteiger partial charge in [0, 0.05) is 11.3 Å². The van der Waals surface area contributed by atoms with Gasteiger partial charge in [-0.3, -0.25) is 4.79 Å². The van der Waals surface area contributed by atoms with Gasteiger partial charge in [0.25, 0.3) is 0 Å². The molecule has 1 saturated carbocycles. The van der Waals surface area contributed by atoms with E-state index < -0.39 is 5.54 Å². The maximum Gasteiger partial charge on any atom is 0.157 e. The van der Waals surface area contributed by atoms with Crippen molar-refractivity contribution in [3.63, 3.8) is 0 Å². The Kier molecular flexibility index (Phi) is 2.30. The highest BCUT2D eigenvalue weighted by Crippen LogP contribution is 2.35. The van der Waals surface area contributed by atoms with Crippen LogP contribution in [0.1, 0.15) is 17.7 Å². The third-order valence-electron chi connectivity index (χ3n) is 2.31.